The summed E-state index contributed by atoms with van der Waals surface area (Å²) in [7, 11) is 0. The summed E-state index contributed by atoms with van der Waals surface area (Å²) in [5, 5.41) is 0.167. The number of hydrogen-bond donors (Lipinski definition) is 0. The van der Waals surface area contributed by atoms with Gasteiger partial charge in [-0.2, -0.15) is 13.2 Å². The van der Waals surface area contributed by atoms with E-state index in [4.69, 9.17) is 25.8 Å². The van der Waals surface area contributed by atoms with Crippen LogP contribution in [0.1, 0.15) is 35.8 Å². The number of piperidine rings is 1. The molecule has 6 nitrogen and oxygen atoms in total. The van der Waals surface area contributed by atoms with Crippen molar-refractivity contribution in [3.05, 3.63) is 58.9 Å². The van der Waals surface area contributed by atoms with E-state index < -0.39 is 24.1 Å². The molecule has 0 spiro atoms. The second-order valence-electron chi connectivity index (χ2n) is 8.40. The molecule has 2 aliphatic rings. The highest BCUT2D eigenvalue weighted by molar-refractivity contribution is 6.32. The van der Waals surface area contributed by atoms with E-state index in [1.54, 1.807) is 17.2 Å². The molecule has 3 atom stereocenters. The van der Waals surface area contributed by atoms with Gasteiger partial charge in [0.1, 0.15) is 24.2 Å². The van der Waals surface area contributed by atoms with Gasteiger partial charge in [0.25, 0.3) is 5.91 Å². The first-order chi connectivity index (χ1) is 15.7. The van der Waals surface area contributed by atoms with Gasteiger partial charge in [-0.3, -0.25) is 9.78 Å². The lowest BCUT2D eigenvalue weighted by atomic mass is 9.85. The van der Waals surface area contributed by atoms with Crippen LogP contribution in [0.3, 0.4) is 0 Å². The Hall–Kier alpha value is -2.36. The normalized spacial score (nSPS) is 23.8. The molecule has 1 aromatic heterocycles. The quantitative estimate of drug-likeness (QED) is 0.588. The van der Waals surface area contributed by atoms with Crippen LogP contribution in [0.2, 0.25) is 5.02 Å². The lowest BCUT2D eigenvalue weighted by Gasteiger charge is -2.41. The van der Waals surface area contributed by atoms with Gasteiger partial charge in [0.2, 0.25) is 0 Å². The molecule has 2 unspecified atom stereocenters. The molecule has 1 aromatic carbocycles. The molecule has 10 heteroatoms. The largest absolute Gasteiger partial charge is 0.492 e. The van der Waals surface area contributed by atoms with Gasteiger partial charge in [0.05, 0.1) is 23.9 Å². The Morgan fingerprint density at radius 1 is 1.36 bits per heavy atom. The van der Waals surface area contributed by atoms with E-state index in [9.17, 15) is 18.0 Å². The lowest BCUT2D eigenvalue weighted by Crippen LogP contribution is -2.53. The van der Waals surface area contributed by atoms with Crippen molar-refractivity contribution in [2.24, 2.45) is 5.92 Å². The molecular weight excluding hydrogens is 461 g/mol. The summed E-state index contributed by atoms with van der Waals surface area (Å²) in [5.74, 6) is -0.703. The van der Waals surface area contributed by atoms with Gasteiger partial charge in [-0.05, 0) is 36.2 Å². The molecule has 2 saturated heterocycles. The summed E-state index contributed by atoms with van der Waals surface area (Å²) in [6.07, 6.45) is -3.30. The average molecular weight is 485 g/mol. The number of carbonyl (C=O) groups is 1. The Bertz CT molecular complexity index is 991. The van der Waals surface area contributed by atoms with E-state index in [-0.39, 0.29) is 36.2 Å². The summed E-state index contributed by atoms with van der Waals surface area (Å²) < 4.78 is 54.6. The van der Waals surface area contributed by atoms with Crippen LogP contribution in [0.5, 0.6) is 5.75 Å². The van der Waals surface area contributed by atoms with Gasteiger partial charge in [0, 0.05) is 31.1 Å². The minimum Gasteiger partial charge on any atom is -0.492 e. The molecule has 0 radical (unpaired) electrons. The molecule has 2 fully saturated rings. The highest BCUT2D eigenvalue weighted by Crippen LogP contribution is 2.42. The number of benzene rings is 1. The first-order valence-corrected chi connectivity index (χ1v) is 11.0. The molecule has 33 heavy (non-hydrogen) atoms. The van der Waals surface area contributed by atoms with Crippen molar-refractivity contribution in [1.82, 2.24) is 9.88 Å². The number of alkyl halides is 3. The molecular formula is C23H24ClF3N2O4. The zero-order valence-corrected chi connectivity index (χ0v) is 18.7. The first-order valence-electron chi connectivity index (χ1n) is 10.6. The van der Waals surface area contributed by atoms with Crippen LogP contribution in [0, 0.1) is 5.92 Å². The Labute approximate surface area is 194 Å². The molecule has 2 aliphatic heterocycles. The number of halogens is 4. The number of amides is 1. The van der Waals surface area contributed by atoms with Crippen LogP contribution in [-0.2, 0) is 15.1 Å². The summed E-state index contributed by atoms with van der Waals surface area (Å²) in [6, 6.07) is 10.2. The number of hydrogen-bond acceptors (Lipinski definition) is 5. The number of carbonyl (C=O) groups excluding carboxylic acids is 1. The maximum Gasteiger partial charge on any atom is 0.389 e. The third kappa shape index (κ3) is 5.26. The van der Waals surface area contributed by atoms with E-state index in [0.29, 0.717) is 25.1 Å². The molecule has 0 aliphatic carbocycles. The van der Waals surface area contributed by atoms with Gasteiger partial charge in [-0.1, -0.05) is 24.6 Å². The molecule has 178 valence electrons. The van der Waals surface area contributed by atoms with Crippen molar-refractivity contribution < 1.29 is 32.2 Å². The summed E-state index contributed by atoms with van der Waals surface area (Å²) in [4.78, 5) is 19.2. The van der Waals surface area contributed by atoms with Crippen LogP contribution in [0.4, 0.5) is 13.2 Å². The van der Waals surface area contributed by atoms with Crippen molar-refractivity contribution in [1.29, 1.82) is 0 Å². The summed E-state index contributed by atoms with van der Waals surface area (Å²) >= 11 is 6.25. The molecule has 0 saturated carbocycles. The van der Waals surface area contributed by atoms with Crippen LogP contribution in [0.15, 0.2) is 42.6 Å². The highest BCUT2D eigenvalue weighted by Gasteiger charge is 2.52. The highest BCUT2D eigenvalue weighted by atomic mass is 35.5. The lowest BCUT2D eigenvalue weighted by molar-refractivity contribution is -0.145. The summed E-state index contributed by atoms with van der Waals surface area (Å²) in [6.45, 7) is 2.23. The van der Waals surface area contributed by atoms with E-state index >= 15 is 0 Å². The fraction of sp³-hybridized carbons (Fsp3) is 0.478. The molecule has 1 amide bonds. The maximum absolute atomic E-state index is 13.1. The van der Waals surface area contributed by atoms with Crippen LogP contribution in [0.25, 0.3) is 0 Å². The molecule has 0 N–H and O–H groups in total. The van der Waals surface area contributed by atoms with Crippen molar-refractivity contribution in [2.45, 2.75) is 37.6 Å². The fourth-order valence-corrected chi connectivity index (χ4v) is 4.49. The van der Waals surface area contributed by atoms with Gasteiger partial charge < -0.3 is 19.1 Å². The third-order valence-corrected chi connectivity index (χ3v) is 6.21. The predicted octanol–water partition coefficient (Wildman–Crippen LogP) is 4.82. The fourth-order valence-electron chi connectivity index (χ4n) is 4.26. The molecule has 2 aromatic rings. The topological polar surface area (TPSA) is 60.9 Å². The number of pyridine rings is 1. The van der Waals surface area contributed by atoms with Gasteiger partial charge in [-0.15, -0.1) is 0 Å². The van der Waals surface area contributed by atoms with E-state index in [0.717, 1.165) is 5.69 Å². The number of nitrogens with zero attached hydrogens (tertiary/aromatic N) is 2. The summed E-state index contributed by atoms with van der Waals surface area (Å²) in [5.41, 5.74) is 0.462. The molecule has 3 heterocycles. The van der Waals surface area contributed by atoms with Gasteiger partial charge >= 0.3 is 6.18 Å². The van der Waals surface area contributed by atoms with E-state index in [1.807, 2.05) is 18.2 Å². The van der Waals surface area contributed by atoms with Gasteiger partial charge in [0.15, 0.2) is 0 Å². The van der Waals surface area contributed by atoms with Crippen LogP contribution >= 0.6 is 11.6 Å². The Morgan fingerprint density at radius 3 is 2.88 bits per heavy atom. The molecule has 4 rings (SSSR count). The number of ether oxygens (including phenoxy) is 3. The number of fused-ring (bicyclic) bond motifs is 1. The van der Waals surface area contributed by atoms with Crippen molar-refractivity contribution in [3.63, 3.8) is 0 Å². The zero-order chi connectivity index (χ0) is 23.6. The monoisotopic (exact) mass is 484 g/mol. The number of rotatable bonds is 6. The van der Waals surface area contributed by atoms with E-state index in [1.165, 1.54) is 19.1 Å². The number of aromatic nitrogens is 1. The minimum absolute atomic E-state index is 0.132. The Morgan fingerprint density at radius 2 is 2.18 bits per heavy atom. The Balaban J connectivity index is 1.40. The van der Waals surface area contributed by atoms with Crippen molar-refractivity contribution >= 4 is 17.5 Å². The van der Waals surface area contributed by atoms with Gasteiger partial charge in [-0.25, -0.2) is 0 Å². The maximum atomic E-state index is 13.1. The minimum atomic E-state index is -4.25. The van der Waals surface area contributed by atoms with Crippen molar-refractivity contribution in [2.75, 3.05) is 26.5 Å². The van der Waals surface area contributed by atoms with E-state index in [2.05, 4.69) is 4.98 Å². The SMILES string of the molecule is CC(COc1ccc(C(=O)N2CC[C@]3(c4ccccn4)OCOC3C2)cc1Cl)CC(F)(F)F. The Kier molecular flexibility index (Phi) is 6.83. The zero-order valence-electron chi connectivity index (χ0n) is 18.0. The third-order valence-electron chi connectivity index (χ3n) is 5.91. The second-order valence-corrected chi connectivity index (χ2v) is 8.81. The van der Waals surface area contributed by atoms with Crippen molar-refractivity contribution in [3.8, 4) is 5.75 Å². The average Bonchev–Trinajstić information content (AvgIpc) is 3.21. The predicted molar refractivity (Wildman–Crippen MR) is 114 cm³/mol. The van der Waals surface area contributed by atoms with Crippen LogP contribution in [-0.4, -0.2) is 54.6 Å². The molecule has 0 bridgehead atoms. The second kappa shape index (κ2) is 9.48. The van der Waals surface area contributed by atoms with Crippen LogP contribution < -0.4 is 4.74 Å². The first kappa shape index (κ1) is 23.8. The smallest absolute Gasteiger partial charge is 0.389 e. The number of likely N-dealkylation sites (tertiary alicyclic amines) is 1. The standard InChI is InChI=1S/C23H24ClF3N2O4/c1-15(11-23(25,26)27)13-31-18-6-5-16(10-17(18)24)21(30)29-9-7-22(19-4-2-3-8-28-19)20(12-29)32-14-33-22/h2-6,8,10,15,20H,7,9,11-14H2,1H3/t15?,20?,22-/m1/s1.